The number of ketones is 1. The van der Waals surface area contributed by atoms with Gasteiger partial charge in [-0.25, -0.2) is 0 Å². The molecule has 2 aliphatic rings. The zero-order chi connectivity index (χ0) is 24.4. The molecule has 2 fully saturated rings. The summed E-state index contributed by atoms with van der Waals surface area (Å²) in [7, 11) is 0. The molecule has 0 radical (unpaired) electrons. The van der Waals surface area contributed by atoms with Crippen LogP contribution in [0.4, 0.5) is 5.69 Å². The molecule has 0 spiro atoms. The second kappa shape index (κ2) is 9.62. The van der Waals surface area contributed by atoms with Gasteiger partial charge in [0.1, 0.15) is 11.5 Å². The number of hydrogen-bond donors (Lipinski definition) is 2. The number of likely N-dealkylation sites (tertiary alicyclic amines) is 1. The number of phenols is 1. The van der Waals surface area contributed by atoms with Gasteiger partial charge in [0.05, 0.1) is 35.3 Å². The molecule has 0 unspecified atom stereocenters. The minimum Gasteiger partial charge on any atom is -0.507 e. The van der Waals surface area contributed by atoms with Crippen molar-refractivity contribution in [3.63, 3.8) is 0 Å². The topological polar surface area (TPSA) is 133 Å². The summed E-state index contributed by atoms with van der Waals surface area (Å²) in [5.41, 5.74) is 0.654. The van der Waals surface area contributed by atoms with Crippen LogP contribution in [0.15, 0.2) is 48.0 Å². The van der Waals surface area contributed by atoms with Crippen molar-refractivity contribution in [3.05, 3.63) is 74.8 Å². The summed E-state index contributed by atoms with van der Waals surface area (Å²) in [5.74, 6) is -2.49. The lowest BCUT2D eigenvalue weighted by molar-refractivity contribution is -0.384. The number of aromatic hydroxyl groups is 1. The number of aliphatic hydroxyl groups excluding tert-OH is 1. The van der Waals surface area contributed by atoms with Gasteiger partial charge in [-0.2, -0.15) is 0 Å². The summed E-state index contributed by atoms with van der Waals surface area (Å²) >= 11 is 0. The number of aryl methyl sites for hydroxylation is 1. The maximum atomic E-state index is 13.1. The summed E-state index contributed by atoms with van der Waals surface area (Å²) in [6.45, 7) is 4.91. The Bertz CT molecular complexity index is 1170. The largest absolute Gasteiger partial charge is 0.507 e. The molecule has 1 atom stereocenters. The molecule has 4 rings (SSSR count). The smallest absolute Gasteiger partial charge is 0.295 e. The lowest BCUT2D eigenvalue weighted by Crippen LogP contribution is -2.42. The number of nitrogens with zero attached hydrogens (tertiary/aromatic N) is 3. The number of morpholine rings is 1. The van der Waals surface area contributed by atoms with Crippen molar-refractivity contribution in [2.75, 3.05) is 39.4 Å². The molecule has 34 heavy (non-hydrogen) atoms. The quantitative estimate of drug-likeness (QED) is 0.217. The number of ether oxygens (including phenoxy) is 1. The lowest BCUT2D eigenvalue weighted by atomic mass is 9.94. The molecule has 178 valence electrons. The molecule has 2 heterocycles. The van der Waals surface area contributed by atoms with Crippen molar-refractivity contribution in [3.8, 4) is 5.75 Å². The average Bonchev–Trinajstić information content (AvgIpc) is 3.09. The molecular weight excluding hydrogens is 442 g/mol. The van der Waals surface area contributed by atoms with Gasteiger partial charge in [-0.15, -0.1) is 0 Å². The van der Waals surface area contributed by atoms with E-state index in [2.05, 4.69) is 4.90 Å². The van der Waals surface area contributed by atoms with E-state index in [1.165, 1.54) is 35.2 Å². The van der Waals surface area contributed by atoms with Crippen LogP contribution in [0, 0.1) is 17.0 Å². The van der Waals surface area contributed by atoms with Gasteiger partial charge in [-0.3, -0.25) is 24.6 Å². The SMILES string of the molecule is Cc1ccc(O)c(C(O)=C2C(=O)C(=O)N(CCN3CCOCC3)[C@H]2c2cccc([N+](=O)[O-])c2)c1. The number of hydrogen-bond acceptors (Lipinski definition) is 8. The first-order valence-corrected chi connectivity index (χ1v) is 10.9. The van der Waals surface area contributed by atoms with E-state index in [1.54, 1.807) is 19.1 Å². The van der Waals surface area contributed by atoms with Gasteiger partial charge in [0.15, 0.2) is 0 Å². The molecule has 2 aromatic rings. The van der Waals surface area contributed by atoms with Crippen molar-refractivity contribution in [2.24, 2.45) is 0 Å². The van der Waals surface area contributed by atoms with Gasteiger partial charge in [-0.1, -0.05) is 23.8 Å². The van der Waals surface area contributed by atoms with Crippen LogP contribution in [0.1, 0.15) is 22.7 Å². The van der Waals surface area contributed by atoms with Crippen molar-refractivity contribution in [1.82, 2.24) is 9.80 Å². The summed E-state index contributed by atoms with van der Waals surface area (Å²) in [6.07, 6.45) is 0. The second-order valence-electron chi connectivity index (χ2n) is 8.32. The fraction of sp³-hybridized carbons (Fsp3) is 0.333. The van der Waals surface area contributed by atoms with E-state index in [9.17, 15) is 29.9 Å². The fourth-order valence-electron chi connectivity index (χ4n) is 4.32. The zero-order valence-corrected chi connectivity index (χ0v) is 18.6. The van der Waals surface area contributed by atoms with Crippen LogP contribution in [-0.2, 0) is 14.3 Å². The number of nitro benzene ring substituents is 1. The summed E-state index contributed by atoms with van der Waals surface area (Å²) in [6, 6.07) is 9.16. The highest BCUT2D eigenvalue weighted by Crippen LogP contribution is 2.41. The van der Waals surface area contributed by atoms with E-state index in [1.807, 2.05) is 0 Å². The second-order valence-corrected chi connectivity index (χ2v) is 8.32. The molecule has 10 heteroatoms. The third kappa shape index (κ3) is 4.50. The molecular formula is C24H25N3O7. The number of benzene rings is 2. The Balaban J connectivity index is 1.81. The summed E-state index contributed by atoms with van der Waals surface area (Å²) in [5, 5.41) is 32.8. The third-order valence-corrected chi connectivity index (χ3v) is 6.10. The van der Waals surface area contributed by atoms with E-state index in [0.29, 0.717) is 38.4 Å². The number of nitro groups is 1. The minimum absolute atomic E-state index is 0.0154. The summed E-state index contributed by atoms with van der Waals surface area (Å²) < 4.78 is 5.35. The van der Waals surface area contributed by atoms with E-state index in [4.69, 9.17) is 4.74 Å². The number of carbonyl (C=O) groups is 2. The van der Waals surface area contributed by atoms with Crippen LogP contribution < -0.4 is 0 Å². The number of non-ortho nitro benzene ring substituents is 1. The molecule has 2 N–H and O–H groups in total. The van der Waals surface area contributed by atoms with Crippen molar-refractivity contribution in [1.29, 1.82) is 0 Å². The van der Waals surface area contributed by atoms with Crippen LogP contribution in [0.5, 0.6) is 5.75 Å². The normalized spacial score (nSPS) is 20.6. The van der Waals surface area contributed by atoms with Gasteiger partial charge >= 0.3 is 0 Å². The fourth-order valence-corrected chi connectivity index (χ4v) is 4.32. The van der Waals surface area contributed by atoms with Crippen LogP contribution in [0.3, 0.4) is 0 Å². The van der Waals surface area contributed by atoms with E-state index in [-0.39, 0.29) is 29.1 Å². The van der Waals surface area contributed by atoms with Gasteiger partial charge < -0.3 is 19.8 Å². The minimum atomic E-state index is -1.04. The Hall–Kier alpha value is -3.76. The molecule has 1 amide bonds. The molecule has 2 aliphatic heterocycles. The number of amides is 1. The maximum absolute atomic E-state index is 13.1. The maximum Gasteiger partial charge on any atom is 0.295 e. The van der Waals surface area contributed by atoms with Crippen LogP contribution in [-0.4, -0.2) is 76.0 Å². The number of rotatable bonds is 6. The van der Waals surface area contributed by atoms with Crippen LogP contribution in [0.25, 0.3) is 5.76 Å². The molecule has 0 aliphatic carbocycles. The van der Waals surface area contributed by atoms with Gasteiger partial charge in [0.2, 0.25) is 0 Å². The number of phenolic OH excluding ortho intramolecular Hbond substituents is 1. The Morgan fingerprint density at radius 1 is 1.15 bits per heavy atom. The van der Waals surface area contributed by atoms with E-state index < -0.39 is 28.4 Å². The van der Waals surface area contributed by atoms with Gasteiger partial charge in [-0.05, 0) is 24.6 Å². The number of carbonyl (C=O) groups excluding carboxylic acids is 2. The van der Waals surface area contributed by atoms with E-state index >= 15 is 0 Å². The Morgan fingerprint density at radius 3 is 2.59 bits per heavy atom. The Kier molecular flexibility index (Phi) is 6.62. The molecule has 0 saturated carbocycles. The molecule has 10 nitrogen and oxygen atoms in total. The van der Waals surface area contributed by atoms with Gasteiger partial charge in [0.25, 0.3) is 17.4 Å². The highest BCUT2D eigenvalue weighted by Gasteiger charge is 2.46. The first-order valence-electron chi connectivity index (χ1n) is 10.9. The molecule has 0 bridgehead atoms. The first kappa shape index (κ1) is 23.4. The van der Waals surface area contributed by atoms with Crippen LogP contribution >= 0.6 is 0 Å². The Morgan fingerprint density at radius 2 is 1.88 bits per heavy atom. The third-order valence-electron chi connectivity index (χ3n) is 6.10. The molecule has 2 aromatic carbocycles. The predicted octanol–water partition coefficient (Wildman–Crippen LogP) is 2.36. The van der Waals surface area contributed by atoms with Crippen molar-refractivity contribution in [2.45, 2.75) is 13.0 Å². The highest BCUT2D eigenvalue weighted by molar-refractivity contribution is 6.46. The summed E-state index contributed by atoms with van der Waals surface area (Å²) in [4.78, 5) is 40.4. The van der Waals surface area contributed by atoms with Crippen molar-refractivity contribution >= 4 is 23.1 Å². The number of Topliss-reactive ketones (excluding diaryl/α,β-unsaturated/α-hetero) is 1. The first-order chi connectivity index (χ1) is 16.3. The molecule has 2 saturated heterocycles. The predicted molar refractivity (Wildman–Crippen MR) is 122 cm³/mol. The average molecular weight is 467 g/mol. The Labute approximate surface area is 195 Å². The number of aliphatic hydroxyl groups is 1. The van der Waals surface area contributed by atoms with Gasteiger partial charge in [0, 0.05) is 38.3 Å². The monoisotopic (exact) mass is 467 g/mol. The highest BCUT2D eigenvalue weighted by atomic mass is 16.6. The standard InChI is InChI=1S/C24H25N3O7/c1-15-5-6-19(28)18(13-15)22(29)20-21(16-3-2-4-17(14-16)27(32)33)26(24(31)23(20)30)8-7-25-9-11-34-12-10-25/h2-6,13-14,21,28-29H,7-12H2,1H3/t21-/m0/s1. The van der Waals surface area contributed by atoms with E-state index in [0.717, 1.165) is 5.56 Å². The zero-order valence-electron chi connectivity index (χ0n) is 18.6. The molecule has 0 aromatic heterocycles. The van der Waals surface area contributed by atoms with Crippen LogP contribution in [0.2, 0.25) is 0 Å². The van der Waals surface area contributed by atoms with Crippen molar-refractivity contribution < 1.29 is 29.5 Å². The lowest BCUT2D eigenvalue weighted by Gasteiger charge is -2.31.